The lowest BCUT2D eigenvalue weighted by Crippen LogP contribution is -2.52. The monoisotopic (exact) mass is 170 g/mol. The Morgan fingerprint density at radius 2 is 1.83 bits per heavy atom. The van der Waals surface area contributed by atoms with Crippen molar-refractivity contribution in [3.05, 3.63) is 0 Å². The van der Waals surface area contributed by atoms with Crippen molar-refractivity contribution in [1.82, 2.24) is 4.90 Å². The van der Waals surface area contributed by atoms with Crippen molar-refractivity contribution in [3.63, 3.8) is 0 Å². The minimum Gasteiger partial charge on any atom is -0.329 e. The Balaban J connectivity index is 2.44. The van der Waals surface area contributed by atoms with Crippen molar-refractivity contribution < 1.29 is 0 Å². The van der Waals surface area contributed by atoms with Crippen LogP contribution < -0.4 is 5.73 Å². The Hall–Kier alpha value is -0.0800. The summed E-state index contributed by atoms with van der Waals surface area (Å²) in [7, 11) is 0. The van der Waals surface area contributed by atoms with E-state index >= 15 is 0 Å². The molecule has 72 valence electrons. The van der Waals surface area contributed by atoms with Gasteiger partial charge in [0.05, 0.1) is 0 Å². The van der Waals surface area contributed by atoms with Gasteiger partial charge in [-0.25, -0.2) is 0 Å². The predicted molar refractivity (Wildman–Crippen MR) is 53.1 cm³/mol. The zero-order valence-electron chi connectivity index (χ0n) is 8.64. The summed E-state index contributed by atoms with van der Waals surface area (Å²) >= 11 is 0. The van der Waals surface area contributed by atoms with Crippen molar-refractivity contribution in [3.8, 4) is 0 Å². The second-order valence-corrected chi connectivity index (χ2v) is 4.69. The molecule has 1 rings (SSSR count). The molecule has 1 aliphatic rings. The van der Waals surface area contributed by atoms with Crippen LogP contribution in [0.3, 0.4) is 0 Å². The van der Waals surface area contributed by atoms with Gasteiger partial charge in [0.1, 0.15) is 0 Å². The molecule has 0 amide bonds. The number of piperidine rings is 1. The fourth-order valence-electron chi connectivity index (χ4n) is 1.74. The third kappa shape index (κ3) is 2.20. The number of hydrogen-bond acceptors (Lipinski definition) is 2. The molecule has 0 spiro atoms. The number of rotatable bonds is 2. The molecule has 0 atom stereocenters. The van der Waals surface area contributed by atoms with Crippen LogP contribution in [0.1, 0.15) is 33.6 Å². The van der Waals surface area contributed by atoms with E-state index in [1.165, 1.54) is 25.9 Å². The molecule has 2 heteroatoms. The number of hydrogen-bond donors (Lipinski definition) is 1. The lowest BCUT2D eigenvalue weighted by atomic mass is 9.93. The number of nitrogens with zero attached hydrogens (tertiary/aromatic N) is 1. The maximum atomic E-state index is 5.73. The van der Waals surface area contributed by atoms with E-state index in [0.29, 0.717) is 0 Å². The zero-order chi connectivity index (χ0) is 9.19. The van der Waals surface area contributed by atoms with Crippen LogP contribution in [0.25, 0.3) is 0 Å². The topological polar surface area (TPSA) is 29.3 Å². The molecule has 1 aliphatic heterocycles. The molecule has 0 aromatic rings. The molecule has 0 saturated carbocycles. The molecule has 0 aromatic carbocycles. The quantitative estimate of drug-likeness (QED) is 0.680. The molecule has 0 radical (unpaired) electrons. The molecule has 0 aromatic heterocycles. The number of nitrogens with two attached hydrogens (primary N) is 1. The van der Waals surface area contributed by atoms with Gasteiger partial charge in [-0.3, -0.25) is 4.90 Å². The van der Waals surface area contributed by atoms with E-state index in [-0.39, 0.29) is 5.54 Å². The van der Waals surface area contributed by atoms with E-state index in [1.54, 1.807) is 0 Å². The molecular formula is C10H22N2. The maximum absolute atomic E-state index is 5.73. The standard InChI is InChI=1S/C10H22N2/c1-9-4-6-12(7-5-9)10(2,3)8-11/h9H,4-8,11H2,1-3H3. The van der Waals surface area contributed by atoms with Gasteiger partial charge in [-0.1, -0.05) is 6.92 Å². The Labute approximate surface area is 76.1 Å². The SMILES string of the molecule is CC1CCN(C(C)(C)CN)CC1. The van der Waals surface area contributed by atoms with E-state index in [4.69, 9.17) is 5.73 Å². The van der Waals surface area contributed by atoms with E-state index in [2.05, 4.69) is 25.7 Å². The predicted octanol–water partition coefficient (Wildman–Crippen LogP) is 1.46. The van der Waals surface area contributed by atoms with Gasteiger partial charge in [-0.2, -0.15) is 0 Å². The summed E-state index contributed by atoms with van der Waals surface area (Å²) in [6, 6.07) is 0. The van der Waals surface area contributed by atoms with Crippen LogP contribution in [-0.2, 0) is 0 Å². The van der Waals surface area contributed by atoms with Gasteiger partial charge >= 0.3 is 0 Å². The van der Waals surface area contributed by atoms with Crippen molar-refractivity contribution >= 4 is 0 Å². The zero-order valence-corrected chi connectivity index (χ0v) is 8.64. The Bertz CT molecular complexity index is 135. The number of likely N-dealkylation sites (tertiary alicyclic amines) is 1. The Morgan fingerprint density at radius 3 is 2.25 bits per heavy atom. The lowest BCUT2D eigenvalue weighted by Gasteiger charge is -2.41. The van der Waals surface area contributed by atoms with Gasteiger partial charge in [0.15, 0.2) is 0 Å². The largest absolute Gasteiger partial charge is 0.329 e. The summed E-state index contributed by atoms with van der Waals surface area (Å²) in [5.74, 6) is 0.912. The van der Waals surface area contributed by atoms with Crippen molar-refractivity contribution in [2.24, 2.45) is 11.7 Å². The highest BCUT2D eigenvalue weighted by Crippen LogP contribution is 2.22. The first-order valence-electron chi connectivity index (χ1n) is 5.01. The van der Waals surface area contributed by atoms with Gasteiger partial charge in [0, 0.05) is 12.1 Å². The summed E-state index contributed by atoms with van der Waals surface area (Å²) in [4.78, 5) is 2.52. The minimum absolute atomic E-state index is 0.208. The van der Waals surface area contributed by atoms with Gasteiger partial charge in [-0.15, -0.1) is 0 Å². The normalized spacial score (nSPS) is 23.0. The summed E-state index contributed by atoms with van der Waals surface area (Å²) in [6.45, 7) is 10.0. The second kappa shape index (κ2) is 3.75. The third-order valence-corrected chi connectivity index (χ3v) is 3.14. The van der Waals surface area contributed by atoms with Crippen LogP contribution in [-0.4, -0.2) is 30.1 Å². The molecule has 12 heavy (non-hydrogen) atoms. The first kappa shape index (κ1) is 10.0. The summed E-state index contributed by atoms with van der Waals surface area (Å²) < 4.78 is 0. The maximum Gasteiger partial charge on any atom is 0.0275 e. The summed E-state index contributed by atoms with van der Waals surface area (Å²) in [6.07, 6.45) is 2.67. The first-order chi connectivity index (χ1) is 5.56. The van der Waals surface area contributed by atoms with Gasteiger partial charge in [0.2, 0.25) is 0 Å². The fraction of sp³-hybridized carbons (Fsp3) is 1.00. The van der Waals surface area contributed by atoms with Gasteiger partial charge in [-0.05, 0) is 45.7 Å². The van der Waals surface area contributed by atoms with Crippen molar-refractivity contribution in [2.75, 3.05) is 19.6 Å². The highest BCUT2D eigenvalue weighted by molar-refractivity contribution is 4.85. The van der Waals surface area contributed by atoms with Crippen molar-refractivity contribution in [1.29, 1.82) is 0 Å². The lowest BCUT2D eigenvalue weighted by molar-refractivity contribution is 0.0843. The summed E-state index contributed by atoms with van der Waals surface area (Å²) in [5, 5.41) is 0. The van der Waals surface area contributed by atoms with Crippen LogP contribution >= 0.6 is 0 Å². The molecule has 0 unspecified atom stereocenters. The van der Waals surface area contributed by atoms with Crippen LogP contribution in [0.2, 0.25) is 0 Å². The highest BCUT2D eigenvalue weighted by Gasteiger charge is 2.27. The van der Waals surface area contributed by atoms with E-state index in [0.717, 1.165) is 12.5 Å². The molecular weight excluding hydrogens is 148 g/mol. The Morgan fingerprint density at radius 1 is 1.33 bits per heavy atom. The van der Waals surface area contributed by atoms with E-state index < -0.39 is 0 Å². The second-order valence-electron chi connectivity index (χ2n) is 4.69. The van der Waals surface area contributed by atoms with Gasteiger partial charge in [0.25, 0.3) is 0 Å². The van der Waals surface area contributed by atoms with E-state index in [9.17, 15) is 0 Å². The summed E-state index contributed by atoms with van der Waals surface area (Å²) in [5.41, 5.74) is 5.94. The molecule has 2 N–H and O–H groups in total. The highest BCUT2D eigenvalue weighted by atomic mass is 15.2. The molecule has 1 fully saturated rings. The third-order valence-electron chi connectivity index (χ3n) is 3.14. The molecule has 1 heterocycles. The molecule has 1 saturated heterocycles. The molecule has 0 bridgehead atoms. The fourth-order valence-corrected chi connectivity index (χ4v) is 1.74. The van der Waals surface area contributed by atoms with Crippen LogP contribution in [0.5, 0.6) is 0 Å². The Kier molecular flexibility index (Phi) is 3.13. The van der Waals surface area contributed by atoms with E-state index in [1.807, 2.05) is 0 Å². The molecule has 2 nitrogen and oxygen atoms in total. The average Bonchev–Trinajstić information content (AvgIpc) is 2.05. The smallest absolute Gasteiger partial charge is 0.0275 e. The molecule has 0 aliphatic carbocycles. The van der Waals surface area contributed by atoms with Crippen molar-refractivity contribution in [2.45, 2.75) is 39.2 Å². The average molecular weight is 170 g/mol. The minimum atomic E-state index is 0.208. The van der Waals surface area contributed by atoms with Crippen LogP contribution in [0.15, 0.2) is 0 Å². The van der Waals surface area contributed by atoms with Gasteiger partial charge < -0.3 is 5.73 Å². The van der Waals surface area contributed by atoms with Crippen LogP contribution in [0.4, 0.5) is 0 Å². The van der Waals surface area contributed by atoms with Crippen LogP contribution in [0, 0.1) is 5.92 Å². The first-order valence-corrected chi connectivity index (χ1v) is 5.01.